The molecule has 0 radical (unpaired) electrons. The number of thiophene rings is 1. The molecule has 1 saturated heterocycles. The number of benzene rings is 1. The van der Waals surface area contributed by atoms with E-state index < -0.39 is 0 Å². The Labute approximate surface area is 173 Å². The molecule has 27 heavy (non-hydrogen) atoms. The first-order valence-corrected chi connectivity index (χ1v) is 10.6. The molecular weight excluding hydrogens is 399 g/mol. The maximum atomic E-state index is 6.29. The molecule has 3 heterocycles. The Morgan fingerprint density at radius 1 is 1.11 bits per heavy atom. The van der Waals surface area contributed by atoms with Gasteiger partial charge in [0.2, 0.25) is 5.28 Å². The van der Waals surface area contributed by atoms with E-state index in [1.165, 1.54) is 10.4 Å². The quantitative estimate of drug-likeness (QED) is 0.523. The molecule has 0 N–H and O–H groups in total. The molecule has 0 atom stereocenters. The normalized spacial score (nSPS) is 16.2. The third-order valence-corrected chi connectivity index (χ3v) is 6.80. The van der Waals surface area contributed by atoms with Crippen LogP contribution >= 0.6 is 34.5 Å². The Balaban J connectivity index is 1.85. The summed E-state index contributed by atoms with van der Waals surface area (Å²) in [5.41, 5.74) is 2.31. The summed E-state index contributed by atoms with van der Waals surface area (Å²) in [6, 6.07) is 8.43. The molecule has 0 bridgehead atoms. The van der Waals surface area contributed by atoms with Gasteiger partial charge in [-0.15, -0.1) is 11.3 Å². The Morgan fingerprint density at radius 2 is 1.78 bits per heavy atom. The molecule has 7 heteroatoms. The first kappa shape index (κ1) is 18.9. The lowest BCUT2D eigenvalue weighted by Crippen LogP contribution is -2.42. The summed E-state index contributed by atoms with van der Waals surface area (Å²) in [5, 5.41) is 2.13. The molecule has 1 fully saturated rings. The third kappa shape index (κ3) is 3.66. The fraction of sp³-hybridized carbons (Fsp3) is 0.400. The predicted molar refractivity (Wildman–Crippen MR) is 117 cm³/mol. The number of anilines is 1. The van der Waals surface area contributed by atoms with Gasteiger partial charge in [-0.2, -0.15) is 4.98 Å². The Morgan fingerprint density at radius 3 is 2.44 bits per heavy atom. The van der Waals surface area contributed by atoms with Crippen LogP contribution in [0.1, 0.15) is 17.7 Å². The zero-order valence-electron chi connectivity index (χ0n) is 15.7. The van der Waals surface area contributed by atoms with Gasteiger partial charge < -0.3 is 9.80 Å². The van der Waals surface area contributed by atoms with Crippen LogP contribution in [0.4, 0.5) is 5.82 Å². The number of nitrogens with zero attached hydrogens (tertiary/aromatic N) is 4. The van der Waals surface area contributed by atoms with Gasteiger partial charge in [0.15, 0.2) is 0 Å². The second-order valence-corrected chi connectivity index (χ2v) is 9.16. The van der Waals surface area contributed by atoms with Gasteiger partial charge >= 0.3 is 0 Å². The zero-order chi connectivity index (χ0) is 19.1. The van der Waals surface area contributed by atoms with E-state index in [0.717, 1.165) is 52.6 Å². The number of aromatic nitrogens is 2. The molecule has 4 rings (SSSR count). The van der Waals surface area contributed by atoms with Crippen LogP contribution in [0.5, 0.6) is 0 Å². The van der Waals surface area contributed by atoms with E-state index in [1.54, 1.807) is 11.3 Å². The molecule has 4 nitrogen and oxygen atoms in total. The highest BCUT2D eigenvalue weighted by Crippen LogP contribution is 2.43. The number of aryl methyl sites for hydroxylation is 1. The van der Waals surface area contributed by atoms with E-state index in [9.17, 15) is 0 Å². The SMILES string of the molecule is Cc1sc2nc(Cl)nc(N(C)C3CCN(C)CC3)c2c1-c1ccc(Cl)cc1. The van der Waals surface area contributed by atoms with E-state index in [-0.39, 0.29) is 0 Å². The smallest absolute Gasteiger partial charge is 0.225 e. The van der Waals surface area contributed by atoms with Crippen LogP contribution in [0.15, 0.2) is 24.3 Å². The first-order chi connectivity index (χ1) is 12.9. The van der Waals surface area contributed by atoms with Gasteiger partial charge in [0.1, 0.15) is 10.6 Å². The third-order valence-electron chi connectivity index (χ3n) is 5.38. The molecule has 0 unspecified atom stereocenters. The number of likely N-dealkylation sites (tertiary alicyclic amines) is 1. The molecule has 142 valence electrons. The molecule has 1 aliphatic heterocycles. The molecule has 0 saturated carbocycles. The summed E-state index contributed by atoms with van der Waals surface area (Å²) >= 11 is 14.1. The van der Waals surface area contributed by atoms with Crippen molar-refractivity contribution in [3.63, 3.8) is 0 Å². The van der Waals surface area contributed by atoms with Gasteiger partial charge in [-0.1, -0.05) is 23.7 Å². The van der Waals surface area contributed by atoms with Crippen molar-refractivity contribution in [3.05, 3.63) is 39.4 Å². The average Bonchev–Trinajstić information content (AvgIpc) is 2.97. The van der Waals surface area contributed by atoms with E-state index in [1.807, 2.05) is 12.1 Å². The van der Waals surface area contributed by atoms with Crippen LogP contribution in [0.2, 0.25) is 10.3 Å². The summed E-state index contributed by atoms with van der Waals surface area (Å²) < 4.78 is 0. The van der Waals surface area contributed by atoms with E-state index >= 15 is 0 Å². The maximum Gasteiger partial charge on any atom is 0.225 e. The number of hydrogen-bond donors (Lipinski definition) is 0. The van der Waals surface area contributed by atoms with E-state index in [0.29, 0.717) is 11.3 Å². The standard InChI is InChI=1S/C20H22Cl2N4S/c1-12-16(13-4-6-14(21)7-5-13)17-18(23-20(22)24-19(17)27-12)26(3)15-8-10-25(2)11-9-15/h4-7,15H,8-11H2,1-3H3. The number of halogens is 2. The van der Waals surface area contributed by atoms with Crippen molar-refractivity contribution in [1.82, 2.24) is 14.9 Å². The molecular formula is C20H22Cl2N4S. The Hall–Kier alpha value is -1.40. The molecule has 0 spiro atoms. The lowest BCUT2D eigenvalue weighted by Gasteiger charge is -2.36. The highest BCUT2D eigenvalue weighted by atomic mass is 35.5. The average molecular weight is 421 g/mol. The fourth-order valence-corrected chi connectivity index (χ4v) is 5.22. The van der Waals surface area contributed by atoms with Crippen molar-refractivity contribution in [2.75, 3.05) is 32.1 Å². The molecule has 3 aromatic rings. The van der Waals surface area contributed by atoms with Gasteiger partial charge in [-0.3, -0.25) is 0 Å². The Bertz CT molecular complexity index is 962. The molecule has 0 aliphatic carbocycles. The lowest BCUT2D eigenvalue weighted by atomic mass is 10.0. The molecule has 1 aromatic carbocycles. The van der Waals surface area contributed by atoms with Crippen molar-refractivity contribution in [2.24, 2.45) is 0 Å². The van der Waals surface area contributed by atoms with Gasteiger partial charge in [-0.25, -0.2) is 4.98 Å². The molecule has 0 amide bonds. The number of rotatable bonds is 3. The van der Waals surface area contributed by atoms with Gasteiger partial charge in [0, 0.05) is 28.6 Å². The number of fused-ring (bicyclic) bond motifs is 1. The summed E-state index contributed by atoms with van der Waals surface area (Å²) in [7, 11) is 4.31. The summed E-state index contributed by atoms with van der Waals surface area (Å²) in [5.74, 6) is 0.925. The second-order valence-electron chi connectivity index (χ2n) is 7.18. The monoisotopic (exact) mass is 420 g/mol. The van der Waals surface area contributed by atoms with Crippen LogP contribution in [-0.2, 0) is 0 Å². The molecule has 2 aromatic heterocycles. The van der Waals surface area contributed by atoms with E-state index in [2.05, 4.69) is 52.9 Å². The second kappa shape index (κ2) is 7.55. The van der Waals surface area contributed by atoms with Crippen LogP contribution < -0.4 is 4.90 Å². The van der Waals surface area contributed by atoms with Crippen molar-refractivity contribution in [2.45, 2.75) is 25.8 Å². The van der Waals surface area contributed by atoms with Crippen LogP contribution in [0.3, 0.4) is 0 Å². The van der Waals surface area contributed by atoms with Crippen LogP contribution in [-0.4, -0.2) is 48.1 Å². The number of hydrogen-bond acceptors (Lipinski definition) is 5. The summed E-state index contributed by atoms with van der Waals surface area (Å²) in [4.78, 5) is 16.0. The van der Waals surface area contributed by atoms with E-state index in [4.69, 9.17) is 23.2 Å². The zero-order valence-corrected chi connectivity index (χ0v) is 18.0. The van der Waals surface area contributed by atoms with Crippen molar-refractivity contribution >= 4 is 50.6 Å². The summed E-state index contributed by atoms with van der Waals surface area (Å²) in [6.07, 6.45) is 2.24. The van der Waals surface area contributed by atoms with Gasteiger partial charge in [0.05, 0.1) is 5.39 Å². The number of piperidine rings is 1. The molecule has 1 aliphatic rings. The highest BCUT2D eigenvalue weighted by molar-refractivity contribution is 7.19. The van der Waals surface area contributed by atoms with Crippen LogP contribution in [0.25, 0.3) is 21.3 Å². The summed E-state index contributed by atoms with van der Waals surface area (Å²) in [6.45, 7) is 4.33. The highest BCUT2D eigenvalue weighted by Gasteiger charge is 2.26. The Kier molecular flexibility index (Phi) is 5.30. The first-order valence-electron chi connectivity index (χ1n) is 9.08. The van der Waals surface area contributed by atoms with Crippen molar-refractivity contribution < 1.29 is 0 Å². The van der Waals surface area contributed by atoms with Crippen molar-refractivity contribution in [1.29, 1.82) is 0 Å². The lowest BCUT2D eigenvalue weighted by molar-refractivity contribution is 0.252. The van der Waals surface area contributed by atoms with Gasteiger partial charge in [0.25, 0.3) is 0 Å². The van der Waals surface area contributed by atoms with Crippen molar-refractivity contribution in [3.8, 4) is 11.1 Å². The topological polar surface area (TPSA) is 32.3 Å². The van der Waals surface area contributed by atoms with Crippen LogP contribution in [0, 0.1) is 6.92 Å². The largest absolute Gasteiger partial charge is 0.356 e. The minimum atomic E-state index is 0.307. The van der Waals surface area contributed by atoms with Gasteiger partial charge in [-0.05, 0) is 69.2 Å². The maximum absolute atomic E-state index is 6.29. The minimum Gasteiger partial charge on any atom is -0.356 e. The predicted octanol–water partition coefficient (Wildman–Crippen LogP) is 5.50. The fourth-order valence-electron chi connectivity index (χ4n) is 3.84. The minimum absolute atomic E-state index is 0.307.